The van der Waals surface area contributed by atoms with Gasteiger partial charge in [0.25, 0.3) is 0 Å². The highest BCUT2D eigenvalue weighted by atomic mass is 32.1. The van der Waals surface area contributed by atoms with Gasteiger partial charge >= 0.3 is 0 Å². The Balaban J connectivity index is 1.98. The lowest BCUT2D eigenvalue weighted by Gasteiger charge is -2.37. The summed E-state index contributed by atoms with van der Waals surface area (Å²) < 4.78 is 0. The molecule has 2 aliphatic carbocycles. The van der Waals surface area contributed by atoms with E-state index in [2.05, 4.69) is 0 Å². The number of aliphatic hydroxyl groups excluding tert-OH is 1. The molecule has 0 heterocycles. The topological polar surface area (TPSA) is 66.6 Å². The van der Waals surface area contributed by atoms with Gasteiger partial charge in [-0.1, -0.05) is 25.1 Å². The van der Waals surface area contributed by atoms with E-state index in [4.69, 9.17) is 18.0 Å². The van der Waals surface area contributed by atoms with Crippen molar-refractivity contribution in [2.24, 2.45) is 17.1 Å². The molecule has 2 aliphatic rings. The van der Waals surface area contributed by atoms with Gasteiger partial charge in [0.15, 0.2) is 0 Å². The molecule has 102 valence electrons. The van der Waals surface area contributed by atoms with E-state index in [1.807, 2.05) is 7.05 Å². The second kappa shape index (κ2) is 5.13. The molecule has 2 rings (SSSR count). The molecule has 2 fully saturated rings. The highest BCUT2D eigenvalue weighted by Crippen LogP contribution is 2.40. The number of rotatable bonds is 4. The summed E-state index contributed by atoms with van der Waals surface area (Å²) in [5.74, 6) is 0.507. The van der Waals surface area contributed by atoms with Gasteiger partial charge in [-0.05, 0) is 31.6 Å². The molecular formula is C13H22N2O2S. The lowest BCUT2D eigenvalue weighted by Crippen LogP contribution is -2.50. The summed E-state index contributed by atoms with van der Waals surface area (Å²) in [5, 5.41) is 9.28. The van der Waals surface area contributed by atoms with E-state index < -0.39 is 5.41 Å². The van der Waals surface area contributed by atoms with Crippen LogP contribution in [0.3, 0.4) is 0 Å². The van der Waals surface area contributed by atoms with Crippen molar-refractivity contribution in [2.45, 2.75) is 44.6 Å². The van der Waals surface area contributed by atoms with E-state index in [1.54, 1.807) is 4.90 Å². The standard InChI is InChI=1S/C13H22N2O2S/c1-15(8-9-6-10(16)7-9)12(17)13(11(14)18)4-2-3-5-13/h9-10,16H,2-8H2,1H3,(H2,14,18). The Morgan fingerprint density at radius 2 is 2.00 bits per heavy atom. The van der Waals surface area contributed by atoms with Gasteiger partial charge in [0, 0.05) is 13.6 Å². The maximum Gasteiger partial charge on any atom is 0.235 e. The number of aliphatic hydroxyl groups is 1. The minimum Gasteiger partial charge on any atom is -0.393 e. The molecule has 2 saturated carbocycles. The molecule has 3 N–H and O–H groups in total. The number of carbonyl (C=O) groups is 1. The van der Waals surface area contributed by atoms with Crippen LogP contribution in [0.2, 0.25) is 0 Å². The van der Waals surface area contributed by atoms with Gasteiger partial charge < -0.3 is 15.7 Å². The summed E-state index contributed by atoms with van der Waals surface area (Å²) in [6.07, 6.45) is 5.07. The van der Waals surface area contributed by atoms with Gasteiger partial charge in [0.05, 0.1) is 16.5 Å². The molecule has 0 aliphatic heterocycles. The van der Waals surface area contributed by atoms with Gasteiger partial charge in [0.1, 0.15) is 0 Å². The molecule has 1 amide bonds. The predicted molar refractivity (Wildman–Crippen MR) is 74.1 cm³/mol. The van der Waals surface area contributed by atoms with Crippen LogP contribution >= 0.6 is 12.2 Å². The van der Waals surface area contributed by atoms with Crippen LogP contribution in [0, 0.1) is 11.3 Å². The fourth-order valence-corrected chi connectivity index (χ4v) is 3.52. The van der Waals surface area contributed by atoms with Crippen LogP contribution in [-0.2, 0) is 4.79 Å². The van der Waals surface area contributed by atoms with Crippen molar-refractivity contribution < 1.29 is 9.90 Å². The zero-order valence-electron chi connectivity index (χ0n) is 10.9. The molecule has 0 saturated heterocycles. The third-order valence-electron chi connectivity index (χ3n) is 4.43. The van der Waals surface area contributed by atoms with Crippen molar-refractivity contribution in [3.63, 3.8) is 0 Å². The van der Waals surface area contributed by atoms with Crippen molar-refractivity contribution >= 4 is 23.1 Å². The summed E-state index contributed by atoms with van der Waals surface area (Å²) in [6, 6.07) is 0. The van der Waals surface area contributed by atoms with Crippen molar-refractivity contribution in [1.82, 2.24) is 4.90 Å². The van der Waals surface area contributed by atoms with E-state index in [-0.39, 0.29) is 12.0 Å². The van der Waals surface area contributed by atoms with Gasteiger partial charge in [0.2, 0.25) is 5.91 Å². The Bertz CT molecular complexity index is 347. The van der Waals surface area contributed by atoms with Gasteiger partial charge in [-0.2, -0.15) is 0 Å². The average Bonchev–Trinajstić information content (AvgIpc) is 2.76. The first-order chi connectivity index (χ1) is 8.45. The number of nitrogens with zero attached hydrogens (tertiary/aromatic N) is 1. The third-order valence-corrected chi connectivity index (χ3v) is 4.82. The second-order valence-electron chi connectivity index (χ2n) is 5.83. The predicted octanol–water partition coefficient (Wildman–Crippen LogP) is 1.06. The number of hydrogen-bond donors (Lipinski definition) is 2. The molecule has 0 spiro atoms. The minimum absolute atomic E-state index is 0.0777. The Labute approximate surface area is 114 Å². The largest absolute Gasteiger partial charge is 0.393 e. The first-order valence-electron chi connectivity index (χ1n) is 6.69. The first kappa shape index (κ1) is 13.7. The molecule has 0 unspecified atom stereocenters. The van der Waals surface area contributed by atoms with E-state index in [0.717, 1.165) is 38.5 Å². The second-order valence-corrected chi connectivity index (χ2v) is 6.27. The highest BCUT2D eigenvalue weighted by Gasteiger charge is 2.46. The third kappa shape index (κ3) is 2.38. The zero-order chi connectivity index (χ0) is 13.3. The maximum atomic E-state index is 12.6. The lowest BCUT2D eigenvalue weighted by molar-refractivity contribution is -0.138. The highest BCUT2D eigenvalue weighted by molar-refractivity contribution is 7.80. The molecule has 5 heteroatoms. The lowest BCUT2D eigenvalue weighted by atomic mass is 9.80. The number of thiocarbonyl (C=S) groups is 1. The first-order valence-corrected chi connectivity index (χ1v) is 7.10. The average molecular weight is 270 g/mol. The monoisotopic (exact) mass is 270 g/mol. The van der Waals surface area contributed by atoms with Gasteiger partial charge in [-0.3, -0.25) is 4.79 Å². The molecule has 0 aromatic heterocycles. The smallest absolute Gasteiger partial charge is 0.235 e. The van der Waals surface area contributed by atoms with E-state index >= 15 is 0 Å². The molecule has 0 radical (unpaired) electrons. The molecule has 0 bridgehead atoms. The fraction of sp³-hybridized carbons (Fsp3) is 0.846. The number of amides is 1. The Hall–Kier alpha value is -0.680. The maximum absolute atomic E-state index is 12.6. The molecule has 18 heavy (non-hydrogen) atoms. The van der Waals surface area contributed by atoms with Crippen LogP contribution in [0.1, 0.15) is 38.5 Å². The SMILES string of the molecule is CN(CC1CC(O)C1)C(=O)C1(C(N)=S)CCCC1. The summed E-state index contributed by atoms with van der Waals surface area (Å²) in [5.41, 5.74) is 5.22. The number of carbonyl (C=O) groups excluding carboxylic acids is 1. The summed E-state index contributed by atoms with van der Waals surface area (Å²) in [4.78, 5) is 14.7. The van der Waals surface area contributed by atoms with E-state index in [1.165, 1.54) is 0 Å². The van der Waals surface area contributed by atoms with Crippen LogP contribution in [0.4, 0.5) is 0 Å². The summed E-state index contributed by atoms with van der Waals surface area (Å²) >= 11 is 5.13. The van der Waals surface area contributed by atoms with Crippen molar-refractivity contribution in [2.75, 3.05) is 13.6 Å². The molecule has 0 aromatic carbocycles. The Morgan fingerprint density at radius 3 is 2.44 bits per heavy atom. The van der Waals surface area contributed by atoms with Crippen molar-refractivity contribution in [3.8, 4) is 0 Å². The van der Waals surface area contributed by atoms with Crippen molar-refractivity contribution in [1.29, 1.82) is 0 Å². The summed E-state index contributed by atoms with van der Waals surface area (Å²) in [7, 11) is 1.82. The van der Waals surface area contributed by atoms with Crippen LogP contribution in [-0.4, -0.2) is 40.6 Å². The van der Waals surface area contributed by atoms with E-state index in [9.17, 15) is 9.90 Å². The zero-order valence-corrected chi connectivity index (χ0v) is 11.7. The number of hydrogen-bond acceptors (Lipinski definition) is 3. The number of nitrogens with two attached hydrogens (primary N) is 1. The molecule has 4 nitrogen and oxygen atoms in total. The molecule has 0 aromatic rings. The van der Waals surface area contributed by atoms with Gasteiger partial charge in [-0.15, -0.1) is 0 Å². The fourth-order valence-electron chi connectivity index (χ4n) is 3.23. The van der Waals surface area contributed by atoms with Crippen LogP contribution in [0.25, 0.3) is 0 Å². The van der Waals surface area contributed by atoms with Crippen molar-refractivity contribution in [3.05, 3.63) is 0 Å². The minimum atomic E-state index is -0.591. The van der Waals surface area contributed by atoms with Crippen LogP contribution in [0.15, 0.2) is 0 Å². The van der Waals surface area contributed by atoms with Crippen LogP contribution in [0.5, 0.6) is 0 Å². The summed E-state index contributed by atoms with van der Waals surface area (Å²) in [6.45, 7) is 0.709. The normalized spacial score (nSPS) is 29.7. The Kier molecular flexibility index (Phi) is 3.92. The van der Waals surface area contributed by atoms with E-state index in [0.29, 0.717) is 17.5 Å². The van der Waals surface area contributed by atoms with Gasteiger partial charge in [-0.25, -0.2) is 0 Å². The van der Waals surface area contributed by atoms with Crippen LogP contribution < -0.4 is 5.73 Å². The quantitative estimate of drug-likeness (QED) is 0.750. The molecule has 0 atom stereocenters. The molecular weight excluding hydrogens is 248 g/mol. The Morgan fingerprint density at radius 1 is 1.44 bits per heavy atom.